The van der Waals surface area contributed by atoms with Crippen molar-refractivity contribution in [3.05, 3.63) is 112 Å². The zero-order chi connectivity index (χ0) is 25.8. The number of anilines is 1. The number of hydrogen-bond acceptors (Lipinski definition) is 5. The second kappa shape index (κ2) is 11.0. The van der Waals surface area contributed by atoms with E-state index in [1.165, 1.54) is 0 Å². The van der Waals surface area contributed by atoms with Crippen molar-refractivity contribution in [2.24, 2.45) is 0 Å². The SMILES string of the molecule is O=C(CN1C(=O)S/C(=C/c2cccc(OCc3cccc4ccccc34)c2)C1=O)Nc1ccccc1Br. The molecule has 1 aliphatic rings. The van der Waals surface area contributed by atoms with Gasteiger partial charge < -0.3 is 10.1 Å². The lowest BCUT2D eigenvalue weighted by molar-refractivity contribution is -0.127. The van der Waals surface area contributed by atoms with Crippen LogP contribution in [-0.2, 0) is 16.2 Å². The maximum atomic E-state index is 12.9. The predicted molar refractivity (Wildman–Crippen MR) is 150 cm³/mol. The molecule has 37 heavy (non-hydrogen) atoms. The molecule has 0 saturated carbocycles. The summed E-state index contributed by atoms with van der Waals surface area (Å²) in [5, 5.41) is 4.52. The summed E-state index contributed by atoms with van der Waals surface area (Å²) in [6.07, 6.45) is 1.64. The summed E-state index contributed by atoms with van der Waals surface area (Å²) in [6, 6.07) is 28.7. The van der Waals surface area contributed by atoms with Crippen molar-refractivity contribution in [2.75, 3.05) is 11.9 Å². The molecule has 1 heterocycles. The van der Waals surface area contributed by atoms with Gasteiger partial charge in [0.1, 0.15) is 18.9 Å². The van der Waals surface area contributed by atoms with E-state index in [1.807, 2.05) is 54.6 Å². The maximum Gasteiger partial charge on any atom is 0.294 e. The summed E-state index contributed by atoms with van der Waals surface area (Å²) >= 11 is 4.18. The van der Waals surface area contributed by atoms with Gasteiger partial charge in [0.15, 0.2) is 0 Å². The molecule has 6 nitrogen and oxygen atoms in total. The number of nitrogens with one attached hydrogen (secondary N) is 1. The van der Waals surface area contributed by atoms with Gasteiger partial charge in [0.25, 0.3) is 11.1 Å². The lowest BCUT2D eigenvalue weighted by Crippen LogP contribution is -2.36. The summed E-state index contributed by atoms with van der Waals surface area (Å²) in [4.78, 5) is 39.0. The number of thioether (sulfide) groups is 1. The maximum absolute atomic E-state index is 12.9. The van der Waals surface area contributed by atoms with E-state index < -0.39 is 17.1 Å². The molecule has 1 saturated heterocycles. The number of benzene rings is 4. The van der Waals surface area contributed by atoms with Crippen LogP contribution in [0.2, 0.25) is 0 Å². The fourth-order valence-corrected chi connectivity index (χ4v) is 5.18. The Bertz CT molecular complexity index is 1550. The summed E-state index contributed by atoms with van der Waals surface area (Å²) in [5.41, 5.74) is 2.36. The molecule has 0 spiro atoms. The molecule has 0 unspecified atom stereocenters. The van der Waals surface area contributed by atoms with E-state index in [-0.39, 0.29) is 11.4 Å². The van der Waals surface area contributed by atoms with Crippen molar-refractivity contribution in [1.82, 2.24) is 4.90 Å². The quantitative estimate of drug-likeness (QED) is 0.245. The minimum atomic E-state index is -0.501. The van der Waals surface area contributed by atoms with Crippen molar-refractivity contribution in [3.8, 4) is 5.75 Å². The van der Waals surface area contributed by atoms with Crippen LogP contribution in [0.3, 0.4) is 0 Å². The Balaban J connectivity index is 1.25. The van der Waals surface area contributed by atoms with Crippen LogP contribution in [0.5, 0.6) is 5.75 Å². The Labute approximate surface area is 226 Å². The third-order valence-electron chi connectivity index (χ3n) is 5.75. The second-order valence-electron chi connectivity index (χ2n) is 8.30. The molecule has 0 aliphatic carbocycles. The van der Waals surface area contributed by atoms with Gasteiger partial charge >= 0.3 is 0 Å². The fraction of sp³-hybridized carbons (Fsp3) is 0.0690. The number of carbonyl (C=O) groups excluding carboxylic acids is 3. The third kappa shape index (κ3) is 5.76. The number of imide groups is 1. The van der Waals surface area contributed by atoms with Crippen LogP contribution < -0.4 is 10.1 Å². The highest BCUT2D eigenvalue weighted by molar-refractivity contribution is 9.10. The lowest BCUT2D eigenvalue weighted by Gasteiger charge is -2.13. The number of amides is 3. The fourth-order valence-electron chi connectivity index (χ4n) is 3.96. The molecule has 8 heteroatoms. The number of fused-ring (bicyclic) bond motifs is 1. The molecular weight excluding hydrogens is 552 g/mol. The predicted octanol–water partition coefficient (Wildman–Crippen LogP) is 6.86. The van der Waals surface area contributed by atoms with E-state index in [0.29, 0.717) is 22.5 Å². The van der Waals surface area contributed by atoms with Gasteiger partial charge in [-0.25, -0.2) is 0 Å². The van der Waals surface area contributed by atoms with Crippen LogP contribution in [0.1, 0.15) is 11.1 Å². The second-order valence-corrected chi connectivity index (χ2v) is 10.1. The highest BCUT2D eigenvalue weighted by Crippen LogP contribution is 2.33. The molecule has 4 aromatic rings. The zero-order valence-corrected chi connectivity index (χ0v) is 21.9. The third-order valence-corrected chi connectivity index (χ3v) is 7.35. The van der Waals surface area contributed by atoms with E-state index in [0.717, 1.165) is 38.6 Å². The number of nitrogens with zero attached hydrogens (tertiary/aromatic N) is 1. The standard InChI is InChI=1S/C29H21BrN2O4S/c30-24-13-3-4-14-25(24)31-27(33)17-32-28(34)26(37-29(32)35)16-19-7-5-11-22(15-19)36-18-21-10-6-9-20-8-1-2-12-23(20)21/h1-16H,17-18H2,(H,31,33)/b26-16+. The number of carbonyl (C=O) groups is 3. The molecular formula is C29H21BrN2O4S. The van der Waals surface area contributed by atoms with Gasteiger partial charge in [0.05, 0.1) is 10.6 Å². The summed E-state index contributed by atoms with van der Waals surface area (Å²) in [6.45, 7) is 0.0332. The molecule has 3 amide bonds. The van der Waals surface area contributed by atoms with E-state index in [1.54, 1.807) is 24.3 Å². The molecule has 0 bridgehead atoms. The molecule has 5 rings (SSSR count). The average Bonchev–Trinajstić information content (AvgIpc) is 3.16. The van der Waals surface area contributed by atoms with E-state index >= 15 is 0 Å². The Hall–Kier alpha value is -3.88. The minimum absolute atomic E-state index is 0.255. The molecule has 1 fully saturated rings. The van der Waals surface area contributed by atoms with Gasteiger partial charge in [0.2, 0.25) is 5.91 Å². The Morgan fingerprint density at radius 1 is 0.946 bits per heavy atom. The first-order chi connectivity index (χ1) is 18.0. The van der Waals surface area contributed by atoms with Crippen molar-refractivity contribution in [3.63, 3.8) is 0 Å². The first-order valence-electron chi connectivity index (χ1n) is 11.5. The van der Waals surface area contributed by atoms with Gasteiger partial charge in [-0.2, -0.15) is 0 Å². The smallest absolute Gasteiger partial charge is 0.294 e. The molecule has 0 radical (unpaired) electrons. The van der Waals surface area contributed by atoms with E-state index in [2.05, 4.69) is 39.4 Å². The Morgan fingerprint density at radius 3 is 2.57 bits per heavy atom. The molecule has 0 atom stereocenters. The largest absolute Gasteiger partial charge is 0.489 e. The molecule has 0 aromatic heterocycles. The first kappa shape index (κ1) is 24.8. The molecule has 4 aromatic carbocycles. The zero-order valence-electron chi connectivity index (χ0n) is 19.5. The van der Waals surface area contributed by atoms with Gasteiger partial charge in [-0.15, -0.1) is 0 Å². The molecule has 1 N–H and O–H groups in total. The lowest BCUT2D eigenvalue weighted by atomic mass is 10.1. The molecule has 1 aliphatic heterocycles. The summed E-state index contributed by atoms with van der Waals surface area (Å²) < 4.78 is 6.75. The first-order valence-corrected chi connectivity index (χ1v) is 13.1. The van der Waals surface area contributed by atoms with Crippen molar-refractivity contribution in [2.45, 2.75) is 6.61 Å². The van der Waals surface area contributed by atoms with Crippen LogP contribution >= 0.6 is 27.7 Å². The highest BCUT2D eigenvalue weighted by Gasteiger charge is 2.36. The van der Waals surface area contributed by atoms with Gasteiger partial charge in [-0.3, -0.25) is 19.3 Å². The number of rotatable bonds is 7. The highest BCUT2D eigenvalue weighted by atomic mass is 79.9. The van der Waals surface area contributed by atoms with Crippen LogP contribution in [0.25, 0.3) is 16.8 Å². The van der Waals surface area contributed by atoms with Crippen LogP contribution in [0, 0.1) is 0 Å². The van der Waals surface area contributed by atoms with Crippen LogP contribution in [0.4, 0.5) is 10.5 Å². The van der Waals surface area contributed by atoms with E-state index in [4.69, 9.17) is 4.74 Å². The van der Waals surface area contributed by atoms with Gasteiger partial charge in [0, 0.05) is 4.47 Å². The number of halogens is 1. The number of ether oxygens (including phenoxy) is 1. The normalized spacial score (nSPS) is 14.4. The average molecular weight is 573 g/mol. The van der Waals surface area contributed by atoms with Crippen molar-refractivity contribution in [1.29, 1.82) is 0 Å². The van der Waals surface area contributed by atoms with Crippen LogP contribution in [-0.4, -0.2) is 28.5 Å². The monoisotopic (exact) mass is 572 g/mol. The summed E-state index contributed by atoms with van der Waals surface area (Å²) in [5.74, 6) is -0.313. The Morgan fingerprint density at radius 2 is 1.70 bits per heavy atom. The van der Waals surface area contributed by atoms with Gasteiger partial charge in [-0.05, 0) is 79.9 Å². The minimum Gasteiger partial charge on any atom is -0.489 e. The van der Waals surface area contributed by atoms with Crippen molar-refractivity contribution < 1.29 is 19.1 Å². The van der Waals surface area contributed by atoms with Crippen molar-refractivity contribution >= 4 is 67.3 Å². The number of para-hydroxylation sites is 1. The van der Waals surface area contributed by atoms with Crippen LogP contribution in [0.15, 0.2) is 100 Å². The Kier molecular flexibility index (Phi) is 7.39. The van der Waals surface area contributed by atoms with E-state index in [9.17, 15) is 14.4 Å². The molecule has 184 valence electrons. The number of hydrogen-bond donors (Lipinski definition) is 1. The summed E-state index contributed by atoms with van der Waals surface area (Å²) in [7, 11) is 0. The van der Waals surface area contributed by atoms with Gasteiger partial charge in [-0.1, -0.05) is 66.7 Å². The topological polar surface area (TPSA) is 75.7 Å².